The van der Waals surface area contributed by atoms with Gasteiger partial charge in [0.25, 0.3) is 0 Å². The monoisotopic (exact) mass is 224 g/mol. The summed E-state index contributed by atoms with van der Waals surface area (Å²) in [6.07, 6.45) is -1.93. The average molecular weight is 224 g/mol. The lowest BCUT2D eigenvalue weighted by molar-refractivity contribution is -0.0156. The molecule has 0 aliphatic rings. The van der Waals surface area contributed by atoms with Gasteiger partial charge in [0.05, 0.1) is 6.61 Å². The van der Waals surface area contributed by atoms with Crippen LogP contribution in [0, 0.1) is 0 Å². The minimum absolute atomic E-state index is 0.0362. The Labute approximate surface area is 92.0 Å². The van der Waals surface area contributed by atoms with E-state index in [1.807, 2.05) is 0 Å². The third-order valence-corrected chi connectivity index (χ3v) is 2.27. The van der Waals surface area contributed by atoms with E-state index in [-0.39, 0.29) is 16.7 Å². The summed E-state index contributed by atoms with van der Waals surface area (Å²) >= 11 is 0. The van der Waals surface area contributed by atoms with E-state index in [1.165, 1.54) is 18.2 Å². The Bertz CT molecular complexity index is 362. The summed E-state index contributed by atoms with van der Waals surface area (Å²) in [6, 6.07) is 4.33. The summed E-state index contributed by atoms with van der Waals surface area (Å²) < 4.78 is 0. The molecule has 0 aliphatic carbocycles. The Morgan fingerprint density at radius 2 is 1.62 bits per heavy atom. The zero-order valence-corrected chi connectivity index (χ0v) is 8.41. The summed E-state index contributed by atoms with van der Waals surface area (Å²) in [6.45, 7) is -0.660. The van der Waals surface area contributed by atoms with Crippen LogP contribution in [0.3, 0.4) is 0 Å². The van der Waals surface area contributed by atoms with Gasteiger partial charge in [0.1, 0.15) is 24.8 Å². The van der Waals surface area contributed by atoms with Crippen LogP contribution in [0.25, 0.3) is 0 Å². The molecule has 2 atom stereocenters. The number of carbonyl (C=O) groups excluding carboxylic acids is 2. The Hall–Kier alpha value is -1.56. The highest BCUT2D eigenvalue weighted by atomic mass is 16.4. The van der Waals surface area contributed by atoms with Gasteiger partial charge in [-0.1, -0.05) is 18.2 Å². The first kappa shape index (κ1) is 12.5. The molecule has 16 heavy (non-hydrogen) atoms. The molecule has 2 unspecified atom stereocenters. The fourth-order valence-corrected chi connectivity index (χ4v) is 1.44. The first-order valence-electron chi connectivity index (χ1n) is 4.66. The van der Waals surface area contributed by atoms with Crippen LogP contribution in [0.5, 0.6) is 0 Å². The average Bonchev–Trinajstić information content (AvgIpc) is 2.35. The number of aliphatic hydroxyl groups excluding tert-OH is 3. The molecule has 0 saturated heterocycles. The zero-order valence-electron chi connectivity index (χ0n) is 8.41. The fraction of sp³-hybridized carbons (Fsp3) is 0.273. The summed E-state index contributed by atoms with van der Waals surface area (Å²) in [4.78, 5) is 21.5. The van der Waals surface area contributed by atoms with Crippen LogP contribution in [-0.4, -0.2) is 40.6 Å². The maximum Gasteiger partial charge on any atom is 0.150 e. The summed E-state index contributed by atoms with van der Waals surface area (Å²) in [7, 11) is 0. The molecule has 1 aromatic carbocycles. The molecule has 0 aromatic heterocycles. The summed E-state index contributed by atoms with van der Waals surface area (Å²) in [5, 5.41) is 27.7. The van der Waals surface area contributed by atoms with Gasteiger partial charge < -0.3 is 15.3 Å². The van der Waals surface area contributed by atoms with Crippen molar-refractivity contribution < 1.29 is 24.9 Å². The molecule has 3 N–H and O–H groups in total. The molecular weight excluding hydrogens is 212 g/mol. The van der Waals surface area contributed by atoms with Gasteiger partial charge in [-0.2, -0.15) is 0 Å². The second-order valence-corrected chi connectivity index (χ2v) is 3.28. The van der Waals surface area contributed by atoms with Crippen LogP contribution in [0.2, 0.25) is 0 Å². The number of aliphatic hydroxyl groups is 3. The van der Waals surface area contributed by atoms with Crippen LogP contribution in [0.1, 0.15) is 32.4 Å². The van der Waals surface area contributed by atoms with Crippen LogP contribution in [-0.2, 0) is 0 Å². The fourth-order valence-electron chi connectivity index (χ4n) is 1.44. The molecule has 0 aliphatic heterocycles. The lowest BCUT2D eigenvalue weighted by Crippen LogP contribution is -2.24. The Balaban J connectivity index is 3.27. The number of hydrogen-bond donors (Lipinski definition) is 3. The molecule has 0 bridgehead atoms. The first-order chi connectivity index (χ1) is 7.65. The predicted molar refractivity (Wildman–Crippen MR) is 55.3 cm³/mol. The number of benzene rings is 1. The van der Waals surface area contributed by atoms with Crippen molar-refractivity contribution in [3.63, 3.8) is 0 Å². The zero-order chi connectivity index (χ0) is 12.1. The van der Waals surface area contributed by atoms with Crippen LogP contribution < -0.4 is 0 Å². The quantitative estimate of drug-likeness (QED) is 0.597. The van der Waals surface area contributed by atoms with E-state index in [1.54, 1.807) is 0 Å². The third kappa shape index (κ3) is 2.33. The number of carbonyl (C=O) groups is 2. The van der Waals surface area contributed by atoms with Gasteiger partial charge in [-0.05, 0) is 0 Å². The molecule has 5 nitrogen and oxygen atoms in total. The number of hydrogen-bond acceptors (Lipinski definition) is 5. The van der Waals surface area contributed by atoms with E-state index in [4.69, 9.17) is 5.11 Å². The third-order valence-electron chi connectivity index (χ3n) is 2.27. The second-order valence-electron chi connectivity index (χ2n) is 3.28. The molecule has 1 rings (SSSR count). The Kier molecular flexibility index (Phi) is 4.30. The normalized spacial score (nSPS) is 14.2. The van der Waals surface area contributed by atoms with E-state index < -0.39 is 18.8 Å². The molecule has 0 spiro atoms. The highest BCUT2D eigenvalue weighted by Crippen LogP contribution is 2.23. The van der Waals surface area contributed by atoms with Crippen molar-refractivity contribution in [2.75, 3.05) is 6.61 Å². The molecule has 0 fully saturated rings. The number of rotatable bonds is 5. The van der Waals surface area contributed by atoms with Gasteiger partial charge in [-0.15, -0.1) is 0 Å². The molecule has 0 saturated carbocycles. The van der Waals surface area contributed by atoms with Gasteiger partial charge in [0, 0.05) is 16.7 Å². The van der Waals surface area contributed by atoms with Gasteiger partial charge in [0.2, 0.25) is 0 Å². The van der Waals surface area contributed by atoms with E-state index in [0.717, 1.165) is 0 Å². The molecule has 0 amide bonds. The van der Waals surface area contributed by atoms with Crippen molar-refractivity contribution in [3.05, 3.63) is 34.9 Å². The van der Waals surface area contributed by atoms with E-state index >= 15 is 0 Å². The van der Waals surface area contributed by atoms with Crippen LogP contribution in [0.15, 0.2) is 18.2 Å². The molecule has 86 valence electrons. The standard InChI is InChI=1S/C11H12O5/c12-4-7-2-1-3-8(5-13)10(7)11(16)9(15)6-14/h1-5,9,11,14-16H,6H2. The van der Waals surface area contributed by atoms with E-state index in [9.17, 15) is 19.8 Å². The predicted octanol–water partition coefficient (Wildman–Crippen LogP) is -0.302. The van der Waals surface area contributed by atoms with Gasteiger partial charge in [-0.25, -0.2) is 0 Å². The lowest BCUT2D eigenvalue weighted by atomic mass is 9.94. The summed E-state index contributed by atoms with van der Waals surface area (Å²) in [5.74, 6) is 0. The number of aldehydes is 2. The van der Waals surface area contributed by atoms with Crippen molar-refractivity contribution >= 4 is 12.6 Å². The smallest absolute Gasteiger partial charge is 0.150 e. The van der Waals surface area contributed by atoms with Crippen molar-refractivity contribution in [1.29, 1.82) is 0 Å². The van der Waals surface area contributed by atoms with Crippen molar-refractivity contribution in [2.24, 2.45) is 0 Å². The van der Waals surface area contributed by atoms with E-state index in [0.29, 0.717) is 12.6 Å². The second kappa shape index (κ2) is 5.50. The van der Waals surface area contributed by atoms with Crippen molar-refractivity contribution in [3.8, 4) is 0 Å². The molecule has 0 heterocycles. The largest absolute Gasteiger partial charge is 0.394 e. The van der Waals surface area contributed by atoms with Crippen LogP contribution in [0.4, 0.5) is 0 Å². The SMILES string of the molecule is O=Cc1cccc(C=O)c1C(O)C(O)CO. The Morgan fingerprint density at radius 1 is 1.12 bits per heavy atom. The maximum atomic E-state index is 10.7. The van der Waals surface area contributed by atoms with E-state index in [2.05, 4.69) is 0 Å². The lowest BCUT2D eigenvalue weighted by Gasteiger charge is -2.18. The highest BCUT2D eigenvalue weighted by Gasteiger charge is 2.23. The van der Waals surface area contributed by atoms with Crippen LogP contribution >= 0.6 is 0 Å². The topological polar surface area (TPSA) is 94.8 Å². The first-order valence-corrected chi connectivity index (χ1v) is 4.66. The molecule has 1 aromatic rings. The summed E-state index contributed by atoms with van der Waals surface area (Å²) in [5.41, 5.74) is 0.267. The molecule has 5 heteroatoms. The molecule has 0 radical (unpaired) electrons. The van der Waals surface area contributed by atoms with Gasteiger partial charge in [0.15, 0.2) is 0 Å². The maximum absolute atomic E-state index is 10.7. The Morgan fingerprint density at radius 3 is 2.00 bits per heavy atom. The van der Waals surface area contributed by atoms with Gasteiger partial charge >= 0.3 is 0 Å². The van der Waals surface area contributed by atoms with Crippen molar-refractivity contribution in [1.82, 2.24) is 0 Å². The highest BCUT2D eigenvalue weighted by molar-refractivity contribution is 5.86. The van der Waals surface area contributed by atoms with Gasteiger partial charge in [-0.3, -0.25) is 9.59 Å². The molecular formula is C11H12O5. The minimum Gasteiger partial charge on any atom is -0.394 e. The minimum atomic E-state index is -1.47. The van der Waals surface area contributed by atoms with Crippen molar-refractivity contribution in [2.45, 2.75) is 12.2 Å².